The molecule has 0 aliphatic rings. The minimum Gasteiger partial charge on any atom is -0.492 e. The summed E-state index contributed by atoms with van der Waals surface area (Å²) in [7, 11) is 0. The summed E-state index contributed by atoms with van der Waals surface area (Å²) in [6.45, 7) is 4.25. The molecule has 15 heavy (non-hydrogen) atoms. The Kier molecular flexibility index (Phi) is 4.92. The number of hydrogen-bond donors (Lipinski definition) is 0. The topological polar surface area (TPSA) is 33.0 Å². The highest BCUT2D eigenvalue weighted by Gasteiger charge is 2.02. The van der Waals surface area contributed by atoms with E-state index in [0.717, 1.165) is 17.3 Å². The lowest BCUT2D eigenvalue weighted by molar-refractivity contribution is 0.311. The predicted octanol–water partition coefficient (Wildman–Crippen LogP) is 3.67. The average Bonchev–Trinajstić information content (AvgIpc) is 2.26. The zero-order valence-electron chi connectivity index (χ0n) is 8.37. The smallest absolute Gasteiger partial charge is 0.137 e. The molecular formula is C12H12BrNO. The third-order valence-electron chi connectivity index (χ3n) is 1.87. The van der Waals surface area contributed by atoms with Crippen LogP contribution in [0.2, 0.25) is 0 Å². The Bertz CT molecular complexity index is 382. The molecule has 0 aromatic heterocycles. The highest BCUT2D eigenvalue weighted by atomic mass is 79.9. The van der Waals surface area contributed by atoms with Gasteiger partial charge in [0.25, 0.3) is 0 Å². The Hall–Kier alpha value is -1.27. The van der Waals surface area contributed by atoms with Crippen LogP contribution in [-0.4, -0.2) is 6.61 Å². The fourth-order valence-electron chi connectivity index (χ4n) is 1.13. The highest BCUT2D eigenvalue weighted by molar-refractivity contribution is 9.10. The van der Waals surface area contributed by atoms with Crippen LogP contribution in [-0.2, 0) is 0 Å². The van der Waals surface area contributed by atoms with Crippen LogP contribution in [0.3, 0.4) is 0 Å². The van der Waals surface area contributed by atoms with Crippen molar-refractivity contribution in [2.45, 2.75) is 12.8 Å². The van der Waals surface area contributed by atoms with E-state index in [-0.39, 0.29) is 0 Å². The van der Waals surface area contributed by atoms with Gasteiger partial charge in [0.05, 0.1) is 12.2 Å². The van der Waals surface area contributed by atoms with Gasteiger partial charge in [-0.2, -0.15) is 5.26 Å². The molecule has 0 saturated carbocycles. The van der Waals surface area contributed by atoms with Gasteiger partial charge in [0.1, 0.15) is 11.8 Å². The SMILES string of the molecule is C=CCCCOc1ccc(Br)cc1C#N. The maximum atomic E-state index is 8.88. The number of nitriles is 1. The van der Waals surface area contributed by atoms with E-state index in [2.05, 4.69) is 28.6 Å². The number of rotatable bonds is 5. The summed E-state index contributed by atoms with van der Waals surface area (Å²) >= 11 is 3.31. The van der Waals surface area contributed by atoms with Crippen LogP contribution in [0.25, 0.3) is 0 Å². The van der Waals surface area contributed by atoms with Crippen LogP contribution in [0.15, 0.2) is 35.3 Å². The predicted molar refractivity (Wildman–Crippen MR) is 63.8 cm³/mol. The van der Waals surface area contributed by atoms with E-state index in [9.17, 15) is 0 Å². The Labute approximate surface area is 98.3 Å². The lowest BCUT2D eigenvalue weighted by Crippen LogP contribution is -1.98. The first-order valence-corrected chi connectivity index (χ1v) is 5.50. The Morgan fingerprint density at radius 3 is 3.00 bits per heavy atom. The molecule has 0 fully saturated rings. The number of hydrogen-bond acceptors (Lipinski definition) is 2. The van der Waals surface area contributed by atoms with Gasteiger partial charge in [-0.3, -0.25) is 0 Å². The van der Waals surface area contributed by atoms with E-state index in [0.29, 0.717) is 17.9 Å². The minimum absolute atomic E-state index is 0.558. The quantitative estimate of drug-likeness (QED) is 0.601. The van der Waals surface area contributed by atoms with Gasteiger partial charge in [-0.15, -0.1) is 6.58 Å². The highest BCUT2D eigenvalue weighted by Crippen LogP contribution is 2.22. The average molecular weight is 266 g/mol. The molecular weight excluding hydrogens is 254 g/mol. The van der Waals surface area contributed by atoms with E-state index >= 15 is 0 Å². The maximum absolute atomic E-state index is 8.88. The van der Waals surface area contributed by atoms with Crippen molar-refractivity contribution in [2.24, 2.45) is 0 Å². The van der Waals surface area contributed by atoms with Gasteiger partial charge in [-0.05, 0) is 31.0 Å². The maximum Gasteiger partial charge on any atom is 0.137 e. The Morgan fingerprint density at radius 1 is 1.53 bits per heavy atom. The number of nitrogens with zero attached hydrogens (tertiary/aromatic N) is 1. The second-order valence-corrected chi connectivity index (χ2v) is 3.95. The number of unbranched alkanes of at least 4 members (excludes halogenated alkanes) is 1. The van der Waals surface area contributed by atoms with Crippen molar-refractivity contribution >= 4 is 15.9 Å². The minimum atomic E-state index is 0.558. The lowest BCUT2D eigenvalue weighted by atomic mass is 10.2. The van der Waals surface area contributed by atoms with Crippen molar-refractivity contribution in [2.75, 3.05) is 6.61 Å². The molecule has 0 aliphatic carbocycles. The van der Waals surface area contributed by atoms with Crippen molar-refractivity contribution in [1.29, 1.82) is 5.26 Å². The van der Waals surface area contributed by atoms with Crippen molar-refractivity contribution in [3.05, 3.63) is 40.9 Å². The first kappa shape index (κ1) is 11.8. The molecule has 78 valence electrons. The molecule has 0 radical (unpaired) electrons. The van der Waals surface area contributed by atoms with Gasteiger partial charge in [0.15, 0.2) is 0 Å². The molecule has 0 N–H and O–H groups in total. The Balaban J connectivity index is 2.61. The summed E-state index contributed by atoms with van der Waals surface area (Å²) in [5, 5.41) is 8.88. The normalized spacial score (nSPS) is 9.33. The Morgan fingerprint density at radius 2 is 2.33 bits per heavy atom. The first-order valence-electron chi connectivity index (χ1n) is 4.71. The van der Waals surface area contributed by atoms with Gasteiger partial charge < -0.3 is 4.74 Å². The summed E-state index contributed by atoms with van der Waals surface area (Å²) in [6.07, 6.45) is 3.71. The second kappa shape index (κ2) is 6.26. The molecule has 1 rings (SSSR count). The van der Waals surface area contributed by atoms with Crippen molar-refractivity contribution in [1.82, 2.24) is 0 Å². The van der Waals surface area contributed by atoms with Crippen molar-refractivity contribution < 1.29 is 4.74 Å². The summed E-state index contributed by atoms with van der Waals surface area (Å²) in [5.41, 5.74) is 0.558. The molecule has 0 unspecified atom stereocenters. The zero-order valence-corrected chi connectivity index (χ0v) is 9.96. The number of ether oxygens (including phenoxy) is 1. The number of benzene rings is 1. The van der Waals surface area contributed by atoms with Crippen LogP contribution in [0.5, 0.6) is 5.75 Å². The molecule has 0 heterocycles. The van der Waals surface area contributed by atoms with Crippen LogP contribution in [0.1, 0.15) is 18.4 Å². The van der Waals surface area contributed by atoms with Crippen molar-refractivity contribution in [3.63, 3.8) is 0 Å². The van der Waals surface area contributed by atoms with E-state index in [1.807, 2.05) is 12.1 Å². The van der Waals surface area contributed by atoms with Gasteiger partial charge in [0, 0.05) is 4.47 Å². The third kappa shape index (κ3) is 3.77. The van der Waals surface area contributed by atoms with E-state index in [4.69, 9.17) is 10.00 Å². The molecule has 1 aromatic rings. The molecule has 0 amide bonds. The fraction of sp³-hybridized carbons (Fsp3) is 0.250. The molecule has 2 nitrogen and oxygen atoms in total. The van der Waals surface area contributed by atoms with Gasteiger partial charge in [0.2, 0.25) is 0 Å². The summed E-state index contributed by atoms with van der Waals surface area (Å²) in [5.74, 6) is 0.643. The molecule has 1 aromatic carbocycles. The van der Waals surface area contributed by atoms with Crippen LogP contribution in [0, 0.1) is 11.3 Å². The van der Waals surface area contributed by atoms with Crippen LogP contribution < -0.4 is 4.74 Å². The summed E-state index contributed by atoms with van der Waals surface area (Å²) < 4.78 is 6.38. The molecule has 0 aliphatic heterocycles. The molecule has 0 spiro atoms. The van der Waals surface area contributed by atoms with Crippen LogP contribution in [0.4, 0.5) is 0 Å². The monoisotopic (exact) mass is 265 g/mol. The molecule has 0 atom stereocenters. The van der Waals surface area contributed by atoms with Crippen molar-refractivity contribution in [3.8, 4) is 11.8 Å². The van der Waals surface area contributed by atoms with Crippen LogP contribution >= 0.6 is 15.9 Å². The fourth-order valence-corrected chi connectivity index (χ4v) is 1.49. The van der Waals surface area contributed by atoms with E-state index in [1.54, 1.807) is 12.1 Å². The van der Waals surface area contributed by atoms with E-state index in [1.165, 1.54) is 0 Å². The number of halogens is 1. The van der Waals surface area contributed by atoms with Gasteiger partial charge in [-0.25, -0.2) is 0 Å². The van der Waals surface area contributed by atoms with Gasteiger partial charge in [-0.1, -0.05) is 22.0 Å². The zero-order chi connectivity index (χ0) is 11.1. The summed E-state index contributed by atoms with van der Waals surface area (Å²) in [6, 6.07) is 7.52. The molecule has 3 heteroatoms. The second-order valence-electron chi connectivity index (χ2n) is 3.03. The van der Waals surface area contributed by atoms with Gasteiger partial charge >= 0.3 is 0 Å². The number of allylic oxidation sites excluding steroid dienone is 1. The van der Waals surface area contributed by atoms with E-state index < -0.39 is 0 Å². The molecule has 0 saturated heterocycles. The first-order chi connectivity index (χ1) is 7.27. The summed E-state index contributed by atoms with van der Waals surface area (Å²) in [4.78, 5) is 0. The largest absolute Gasteiger partial charge is 0.492 e. The standard InChI is InChI=1S/C12H12BrNO/c1-2-3-4-7-15-12-6-5-11(13)8-10(12)9-14/h2,5-6,8H,1,3-4,7H2. The molecule has 0 bridgehead atoms. The third-order valence-corrected chi connectivity index (χ3v) is 2.37. The lowest BCUT2D eigenvalue weighted by Gasteiger charge is -2.06.